The molecule has 0 bridgehead atoms. The van der Waals surface area contributed by atoms with Gasteiger partial charge in [0, 0.05) is 0 Å². The maximum atomic E-state index is 12.3. The van der Waals surface area contributed by atoms with Crippen molar-refractivity contribution in [3.8, 4) is 0 Å². The van der Waals surface area contributed by atoms with Gasteiger partial charge in [0.25, 0.3) is 0 Å². The molecule has 0 amide bonds. The summed E-state index contributed by atoms with van der Waals surface area (Å²) >= 11 is 0. The lowest BCUT2D eigenvalue weighted by molar-refractivity contribution is -0.159. The topological polar surface area (TPSA) is 43.4 Å². The Bertz CT molecular complexity index is 331. The molecule has 0 aliphatic heterocycles. The van der Waals surface area contributed by atoms with Crippen molar-refractivity contribution in [3.05, 3.63) is 0 Å². The molecule has 1 saturated carbocycles. The minimum absolute atomic E-state index is 0.0625. The molecule has 116 valence electrons. The molecule has 3 nitrogen and oxygen atoms in total. The van der Waals surface area contributed by atoms with Gasteiger partial charge in [-0.3, -0.25) is 9.59 Å². The summed E-state index contributed by atoms with van der Waals surface area (Å²) in [6, 6.07) is 0. The highest BCUT2D eigenvalue weighted by atomic mass is 31.0. The molecular weight excluding hydrogens is 271 g/mol. The van der Waals surface area contributed by atoms with E-state index in [0.29, 0.717) is 12.3 Å². The number of rotatable bonds is 8. The van der Waals surface area contributed by atoms with Crippen LogP contribution in [0.4, 0.5) is 0 Å². The molecule has 2 atom stereocenters. The first-order valence-electron chi connectivity index (χ1n) is 7.94. The zero-order valence-electron chi connectivity index (χ0n) is 13.1. The van der Waals surface area contributed by atoms with Gasteiger partial charge in [0.15, 0.2) is 0 Å². The van der Waals surface area contributed by atoms with Gasteiger partial charge in [0.2, 0.25) is 0 Å². The lowest BCUT2D eigenvalue weighted by Gasteiger charge is -2.28. The van der Waals surface area contributed by atoms with E-state index in [4.69, 9.17) is 4.74 Å². The molecule has 0 radical (unpaired) electrons. The summed E-state index contributed by atoms with van der Waals surface area (Å²) in [6.45, 7) is 5.49. The van der Waals surface area contributed by atoms with Gasteiger partial charge in [-0.15, -0.1) is 0 Å². The minimum atomic E-state index is -0.575. The molecule has 0 aromatic heterocycles. The van der Waals surface area contributed by atoms with Crippen molar-refractivity contribution < 1.29 is 14.3 Å². The normalized spacial score (nSPS) is 18.0. The molecule has 0 aromatic carbocycles. The van der Waals surface area contributed by atoms with Crippen LogP contribution < -0.4 is 0 Å². The van der Waals surface area contributed by atoms with E-state index in [-0.39, 0.29) is 11.8 Å². The van der Waals surface area contributed by atoms with Gasteiger partial charge >= 0.3 is 5.97 Å². The maximum Gasteiger partial charge on any atom is 0.317 e. The Labute approximate surface area is 125 Å². The van der Waals surface area contributed by atoms with Crippen LogP contribution in [0.1, 0.15) is 72.1 Å². The van der Waals surface area contributed by atoms with Crippen LogP contribution in [-0.4, -0.2) is 17.1 Å². The smallest absolute Gasteiger partial charge is 0.317 e. The third-order valence-electron chi connectivity index (χ3n) is 4.61. The number of ether oxygens (including phenoxy) is 1. The van der Waals surface area contributed by atoms with Crippen LogP contribution in [0.5, 0.6) is 0 Å². The Morgan fingerprint density at radius 1 is 1.25 bits per heavy atom. The van der Waals surface area contributed by atoms with E-state index in [0.717, 1.165) is 19.3 Å². The van der Waals surface area contributed by atoms with E-state index in [2.05, 4.69) is 9.24 Å². The molecule has 0 heterocycles. The number of Topliss-reactive ketones (excluding diaryl/α,β-unsaturated/α-hetero) is 1. The number of carbonyl (C=O) groups excluding carboxylic acids is 2. The molecule has 0 aromatic rings. The van der Waals surface area contributed by atoms with Gasteiger partial charge in [0.1, 0.15) is 17.0 Å². The molecule has 1 fully saturated rings. The molecule has 1 rings (SSSR count). The molecule has 0 spiro atoms. The van der Waals surface area contributed by atoms with Crippen LogP contribution in [0.25, 0.3) is 0 Å². The van der Waals surface area contributed by atoms with Crippen LogP contribution in [-0.2, 0) is 14.3 Å². The third kappa shape index (κ3) is 5.16. The summed E-state index contributed by atoms with van der Waals surface area (Å²) in [5, 5.41) is -0.516. The highest BCUT2D eigenvalue weighted by Gasteiger charge is 2.32. The summed E-state index contributed by atoms with van der Waals surface area (Å²) in [6.07, 6.45) is 8.18. The van der Waals surface area contributed by atoms with E-state index < -0.39 is 11.3 Å². The second kappa shape index (κ2) is 8.12. The summed E-state index contributed by atoms with van der Waals surface area (Å²) < 4.78 is 5.58. The highest BCUT2D eigenvalue weighted by molar-refractivity contribution is 7.18. The first-order chi connectivity index (χ1) is 9.41. The lowest BCUT2D eigenvalue weighted by atomic mass is 9.92. The van der Waals surface area contributed by atoms with Crippen molar-refractivity contribution >= 4 is 21.0 Å². The monoisotopic (exact) mass is 300 g/mol. The van der Waals surface area contributed by atoms with E-state index in [9.17, 15) is 9.59 Å². The fourth-order valence-electron chi connectivity index (χ4n) is 2.85. The Kier molecular flexibility index (Phi) is 7.15. The molecule has 2 unspecified atom stereocenters. The second-order valence-corrected chi connectivity index (χ2v) is 7.14. The van der Waals surface area contributed by atoms with Crippen LogP contribution in [0.3, 0.4) is 0 Å². The quantitative estimate of drug-likeness (QED) is 0.385. The van der Waals surface area contributed by atoms with Crippen LogP contribution in [0, 0.1) is 11.8 Å². The maximum absolute atomic E-state index is 12.3. The molecule has 0 saturated heterocycles. The van der Waals surface area contributed by atoms with Gasteiger partial charge in [-0.2, -0.15) is 0 Å². The fourth-order valence-corrected chi connectivity index (χ4v) is 2.97. The van der Waals surface area contributed by atoms with Crippen molar-refractivity contribution in [3.63, 3.8) is 0 Å². The van der Waals surface area contributed by atoms with Crippen molar-refractivity contribution in [1.82, 2.24) is 0 Å². The first kappa shape index (κ1) is 17.6. The van der Waals surface area contributed by atoms with Gasteiger partial charge in [-0.05, 0) is 38.5 Å². The van der Waals surface area contributed by atoms with Crippen molar-refractivity contribution in [2.75, 3.05) is 0 Å². The zero-order valence-corrected chi connectivity index (χ0v) is 14.3. The van der Waals surface area contributed by atoms with E-state index >= 15 is 0 Å². The summed E-state index contributed by atoms with van der Waals surface area (Å²) in [4.78, 5) is 24.0. The first-order valence-corrected chi connectivity index (χ1v) is 8.51. The third-order valence-corrected chi connectivity index (χ3v) is 5.55. The van der Waals surface area contributed by atoms with Crippen molar-refractivity contribution in [1.29, 1.82) is 0 Å². The Morgan fingerprint density at radius 3 is 2.25 bits per heavy atom. The zero-order chi connectivity index (χ0) is 15.2. The Balaban J connectivity index is 2.55. The predicted octanol–water partition coefficient (Wildman–Crippen LogP) is 4.10. The largest absolute Gasteiger partial charge is 0.455 e. The number of carbonyl (C=O) groups is 2. The Hall–Kier alpha value is -0.430. The van der Waals surface area contributed by atoms with Crippen molar-refractivity contribution in [2.24, 2.45) is 11.8 Å². The van der Waals surface area contributed by atoms with Gasteiger partial charge < -0.3 is 4.74 Å². The van der Waals surface area contributed by atoms with Gasteiger partial charge in [0.05, 0.1) is 0 Å². The van der Waals surface area contributed by atoms with Gasteiger partial charge in [-0.25, -0.2) is 0 Å². The number of esters is 1. The second-order valence-electron chi connectivity index (χ2n) is 6.08. The SMILES string of the molecule is CCC(P)(CC)OC(=O)C(CCC1CCCC1)C(C)=O. The molecular formula is C16H29O3P. The van der Waals surface area contributed by atoms with Crippen LogP contribution >= 0.6 is 9.24 Å². The van der Waals surface area contributed by atoms with E-state index in [1.807, 2.05) is 13.8 Å². The van der Waals surface area contributed by atoms with Crippen molar-refractivity contribution in [2.45, 2.75) is 77.5 Å². The average Bonchev–Trinajstić information content (AvgIpc) is 2.91. The lowest BCUT2D eigenvalue weighted by Crippen LogP contribution is -2.33. The predicted molar refractivity (Wildman–Crippen MR) is 84.5 cm³/mol. The fraction of sp³-hybridized carbons (Fsp3) is 0.875. The van der Waals surface area contributed by atoms with E-state index in [1.54, 1.807) is 0 Å². The highest BCUT2D eigenvalue weighted by Crippen LogP contribution is 2.32. The minimum Gasteiger partial charge on any atom is -0.455 e. The summed E-state index contributed by atoms with van der Waals surface area (Å²) in [5.41, 5.74) is 0. The average molecular weight is 300 g/mol. The van der Waals surface area contributed by atoms with Crippen LogP contribution in [0.15, 0.2) is 0 Å². The molecule has 1 aliphatic rings. The van der Waals surface area contributed by atoms with Gasteiger partial charge in [-0.1, -0.05) is 48.8 Å². The number of hydrogen-bond acceptors (Lipinski definition) is 3. The Morgan fingerprint density at radius 2 is 1.80 bits per heavy atom. The van der Waals surface area contributed by atoms with Crippen LogP contribution in [0.2, 0.25) is 0 Å². The molecule has 0 N–H and O–H groups in total. The standard InChI is InChI=1S/C16H29O3P/c1-4-16(20,5-2)19-15(18)14(12(3)17)11-10-13-8-6-7-9-13/h13-14H,4-11,20H2,1-3H3. The number of hydrogen-bond donors (Lipinski definition) is 0. The summed E-state index contributed by atoms with van der Waals surface area (Å²) in [7, 11) is 2.62. The molecule has 1 aliphatic carbocycles. The summed E-state index contributed by atoms with van der Waals surface area (Å²) in [5.74, 6) is -0.280. The molecule has 20 heavy (non-hydrogen) atoms. The molecule has 4 heteroatoms. The number of ketones is 1. The van der Waals surface area contributed by atoms with E-state index in [1.165, 1.54) is 32.6 Å².